The lowest BCUT2D eigenvalue weighted by Crippen LogP contribution is -2.15. The normalized spacial score (nSPS) is 12.1. The maximum Gasteiger partial charge on any atom is 0.324 e. The number of allylic oxidation sites excluding steroid dienone is 1. The van der Waals surface area contributed by atoms with Crippen LogP contribution in [-0.2, 0) is 11.3 Å². The van der Waals surface area contributed by atoms with Gasteiger partial charge in [0.25, 0.3) is 5.91 Å². The summed E-state index contributed by atoms with van der Waals surface area (Å²) < 4.78 is 2.80. The van der Waals surface area contributed by atoms with Gasteiger partial charge in [0, 0.05) is 28.6 Å². The highest BCUT2D eigenvalue weighted by Crippen LogP contribution is 2.25. The van der Waals surface area contributed by atoms with Gasteiger partial charge in [-0.25, -0.2) is 0 Å². The van der Waals surface area contributed by atoms with E-state index in [0.29, 0.717) is 21.2 Å². The molecule has 3 aromatic rings. The van der Waals surface area contributed by atoms with Crippen LogP contribution in [0.1, 0.15) is 4.88 Å². The second-order valence-corrected chi connectivity index (χ2v) is 7.65. The smallest absolute Gasteiger partial charge is 0.312 e. The Morgan fingerprint density at radius 2 is 2.15 bits per heavy atom. The quantitative estimate of drug-likeness (QED) is 0.268. The molecule has 0 saturated carbocycles. The minimum atomic E-state index is -0.464. The molecule has 0 bridgehead atoms. The third-order valence-electron chi connectivity index (χ3n) is 3.35. The van der Waals surface area contributed by atoms with Crippen molar-refractivity contribution < 1.29 is 9.72 Å². The second kappa shape index (κ2) is 7.77. The molecule has 2 heterocycles. The summed E-state index contributed by atoms with van der Waals surface area (Å²) >= 11 is 8.38. The largest absolute Gasteiger partial charge is 0.324 e. The molecule has 0 aliphatic carbocycles. The highest BCUT2D eigenvalue weighted by molar-refractivity contribution is 7.16. The number of carbonyl (C=O) groups is 1. The van der Waals surface area contributed by atoms with Crippen LogP contribution in [0.15, 0.2) is 54.1 Å². The molecule has 0 fully saturated rings. The number of amides is 1. The molecule has 1 aromatic carbocycles. The van der Waals surface area contributed by atoms with Crippen LogP contribution in [0.4, 0.5) is 5.00 Å². The highest BCUT2D eigenvalue weighted by atomic mass is 35.5. The van der Waals surface area contributed by atoms with E-state index in [1.54, 1.807) is 18.2 Å². The average Bonchev–Trinajstić information content (AvgIpc) is 3.19. The van der Waals surface area contributed by atoms with Crippen molar-refractivity contribution in [1.82, 2.24) is 4.57 Å². The number of thiophene rings is 1. The van der Waals surface area contributed by atoms with Gasteiger partial charge in [-0.3, -0.25) is 14.9 Å². The van der Waals surface area contributed by atoms with E-state index in [-0.39, 0.29) is 5.00 Å². The SMILES string of the molecule is C=CCn1c(=NC(=O)/C=C\c2ccc([N+](=O)[O-])s2)sc2cc(Cl)ccc21. The number of halogens is 1. The van der Waals surface area contributed by atoms with Crippen molar-refractivity contribution >= 4 is 61.5 Å². The molecule has 1 amide bonds. The molecule has 0 unspecified atom stereocenters. The average molecular weight is 406 g/mol. The Morgan fingerprint density at radius 3 is 2.85 bits per heavy atom. The molecule has 2 aromatic heterocycles. The Balaban J connectivity index is 1.93. The minimum absolute atomic E-state index is 0.0271. The predicted molar refractivity (Wildman–Crippen MR) is 106 cm³/mol. The number of thiazole rings is 1. The van der Waals surface area contributed by atoms with Crippen LogP contribution in [0.3, 0.4) is 0 Å². The lowest BCUT2D eigenvalue weighted by atomic mass is 10.3. The van der Waals surface area contributed by atoms with Crippen molar-refractivity contribution in [3.8, 4) is 0 Å². The fraction of sp³-hybridized carbons (Fsp3) is 0.0588. The van der Waals surface area contributed by atoms with Gasteiger partial charge in [0.1, 0.15) is 0 Å². The number of fused-ring (bicyclic) bond motifs is 1. The van der Waals surface area contributed by atoms with E-state index in [9.17, 15) is 14.9 Å². The summed E-state index contributed by atoms with van der Waals surface area (Å²) in [6.45, 7) is 4.24. The summed E-state index contributed by atoms with van der Waals surface area (Å²) in [4.78, 5) is 27.7. The first kappa shape index (κ1) is 18.2. The molecule has 0 atom stereocenters. The molecule has 3 rings (SSSR count). The van der Waals surface area contributed by atoms with E-state index in [4.69, 9.17) is 11.6 Å². The molecule has 6 nitrogen and oxygen atoms in total. The van der Waals surface area contributed by atoms with Crippen LogP contribution in [0.2, 0.25) is 5.02 Å². The zero-order valence-corrected chi connectivity index (χ0v) is 15.7. The van der Waals surface area contributed by atoms with Crippen molar-refractivity contribution in [3.05, 3.63) is 73.9 Å². The van der Waals surface area contributed by atoms with Gasteiger partial charge < -0.3 is 4.57 Å². The molecule has 0 aliphatic rings. The van der Waals surface area contributed by atoms with Crippen LogP contribution in [-0.4, -0.2) is 15.4 Å². The molecule has 0 spiro atoms. The molecule has 0 radical (unpaired) electrons. The summed E-state index contributed by atoms with van der Waals surface area (Å²) in [7, 11) is 0. The number of benzene rings is 1. The number of aromatic nitrogens is 1. The first-order chi connectivity index (χ1) is 12.5. The lowest BCUT2D eigenvalue weighted by molar-refractivity contribution is -0.380. The number of rotatable bonds is 5. The Bertz CT molecular complexity index is 1110. The van der Waals surface area contributed by atoms with E-state index in [1.807, 2.05) is 16.7 Å². The van der Waals surface area contributed by atoms with E-state index in [0.717, 1.165) is 21.6 Å². The molecule has 0 saturated heterocycles. The van der Waals surface area contributed by atoms with Gasteiger partial charge in [-0.1, -0.05) is 40.4 Å². The standard InChI is InChI=1S/C17H12ClN3O3S2/c1-2-9-20-13-6-3-11(18)10-14(13)26-17(20)19-15(22)7-4-12-5-8-16(25-12)21(23)24/h2-8,10H,1,9H2/b7-4-,19-17?. The fourth-order valence-electron chi connectivity index (χ4n) is 2.25. The number of hydrogen-bond acceptors (Lipinski definition) is 5. The lowest BCUT2D eigenvalue weighted by Gasteiger charge is -2.00. The van der Waals surface area contributed by atoms with Crippen molar-refractivity contribution in [3.63, 3.8) is 0 Å². The van der Waals surface area contributed by atoms with Crippen LogP contribution < -0.4 is 4.80 Å². The number of nitro groups is 1. The molecule has 26 heavy (non-hydrogen) atoms. The molecule has 0 N–H and O–H groups in total. The van der Waals surface area contributed by atoms with E-state index in [1.165, 1.54) is 29.6 Å². The fourth-order valence-corrected chi connectivity index (χ4v) is 4.30. The summed E-state index contributed by atoms with van der Waals surface area (Å²) in [5, 5.41) is 11.3. The maximum absolute atomic E-state index is 12.2. The van der Waals surface area contributed by atoms with E-state index >= 15 is 0 Å². The van der Waals surface area contributed by atoms with E-state index < -0.39 is 10.8 Å². The van der Waals surface area contributed by atoms with Gasteiger partial charge in [-0.2, -0.15) is 4.99 Å². The summed E-state index contributed by atoms with van der Waals surface area (Å²) in [6.07, 6.45) is 4.54. The Labute approximate surface area is 161 Å². The monoisotopic (exact) mass is 405 g/mol. The van der Waals surface area contributed by atoms with Gasteiger partial charge in [0.2, 0.25) is 0 Å². The minimum Gasteiger partial charge on any atom is -0.312 e. The van der Waals surface area contributed by atoms with Crippen LogP contribution in [0.5, 0.6) is 0 Å². The van der Waals surface area contributed by atoms with Crippen molar-refractivity contribution in [1.29, 1.82) is 0 Å². The Morgan fingerprint density at radius 1 is 1.35 bits per heavy atom. The molecular formula is C17H12ClN3O3S2. The summed E-state index contributed by atoms with van der Waals surface area (Å²) in [5.41, 5.74) is 0.920. The van der Waals surface area contributed by atoms with Gasteiger partial charge in [-0.15, -0.1) is 6.58 Å². The molecule has 132 valence electrons. The topological polar surface area (TPSA) is 77.5 Å². The third-order valence-corrected chi connectivity index (χ3v) is 5.62. The van der Waals surface area contributed by atoms with Gasteiger partial charge in [0.05, 0.1) is 15.1 Å². The first-order valence-corrected chi connectivity index (χ1v) is 9.40. The van der Waals surface area contributed by atoms with Crippen LogP contribution >= 0.6 is 34.3 Å². The van der Waals surface area contributed by atoms with Crippen molar-refractivity contribution in [2.24, 2.45) is 4.99 Å². The van der Waals surface area contributed by atoms with Crippen molar-refractivity contribution in [2.75, 3.05) is 0 Å². The summed E-state index contributed by atoms with van der Waals surface area (Å²) in [5.74, 6) is -0.448. The van der Waals surface area contributed by atoms with Gasteiger partial charge in [-0.05, 0) is 30.3 Å². The summed E-state index contributed by atoms with van der Waals surface area (Å²) in [6, 6.07) is 8.48. The maximum atomic E-state index is 12.2. The molecule has 9 heteroatoms. The number of carbonyl (C=O) groups excluding carboxylic acids is 1. The van der Waals surface area contributed by atoms with E-state index in [2.05, 4.69) is 11.6 Å². The third kappa shape index (κ3) is 3.98. The zero-order valence-electron chi connectivity index (χ0n) is 13.3. The van der Waals surface area contributed by atoms with Crippen molar-refractivity contribution in [2.45, 2.75) is 6.54 Å². The number of hydrogen-bond donors (Lipinski definition) is 0. The zero-order chi connectivity index (χ0) is 18.7. The Hall–Kier alpha value is -2.55. The molecule has 0 aliphatic heterocycles. The van der Waals surface area contributed by atoms with Gasteiger partial charge in [0.15, 0.2) is 4.80 Å². The Kier molecular flexibility index (Phi) is 5.46. The first-order valence-electron chi connectivity index (χ1n) is 7.38. The second-order valence-electron chi connectivity index (χ2n) is 5.11. The highest BCUT2D eigenvalue weighted by Gasteiger charge is 2.09. The molecular weight excluding hydrogens is 394 g/mol. The predicted octanol–water partition coefficient (Wildman–Crippen LogP) is 4.65. The van der Waals surface area contributed by atoms with Crippen LogP contribution in [0, 0.1) is 10.1 Å². The van der Waals surface area contributed by atoms with Gasteiger partial charge >= 0.3 is 5.00 Å². The number of nitrogens with zero attached hydrogens (tertiary/aromatic N) is 3. The van der Waals surface area contributed by atoms with Crippen LogP contribution in [0.25, 0.3) is 16.3 Å².